The molecular formula is C11H14N2O4S. The van der Waals surface area contributed by atoms with Crippen LogP contribution >= 0.6 is 0 Å². The van der Waals surface area contributed by atoms with Crippen LogP contribution in [0.5, 0.6) is 0 Å². The predicted octanol–water partition coefficient (Wildman–Crippen LogP) is 0.769. The van der Waals surface area contributed by atoms with Crippen LogP contribution in [-0.4, -0.2) is 42.0 Å². The second-order valence-corrected chi connectivity index (χ2v) is 6.55. The number of aromatic carboxylic acids is 1. The first-order valence-electron chi connectivity index (χ1n) is 5.62. The van der Waals surface area contributed by atoms with Gasteiger partial charge >= 0.3 is 5.97 Å². The van der Waals surface area contributed by atoms with Crippen LogP contribution in [0, 0.1) is 0 Å². The lowest BCUT2D eigenvalue weighted by molar-refractivity contribution is 0.0697. The molecule has 1 aromatic heterocycles. The smallest absolute Gasteiger partial charge is 0.339 e. The summed E-state index contributed by atoms with van der Waals surface area (Å²) < 4.78 is 23.0. The summed E-state index contributed by atoms with van der Waals surface area (Å²) in [4.78, 5) is 14.7. The molecule has 1 saturated heterocycles. The van der Waals surface area contributed by atoms with Crippen molar-refractivity contribution in [2.45, 2.75) is 18.9 Å². The minimum atomic E-state index is -3.01. The summed E-state index contributed by atoms with van der Waals surface area (Å²) in [7, 11) is -3.01. The Hall–Kier alpha value is -1.63. The number of hydrogen-bond acceptors (Lipinski definition) is 5. The summed E-state index contributed by atoms with van der Waals surface area (Å²) in [5.41, 5.74) is 0.472. The van der Waals surface area contributed by atoms with Crippen LogP contribution < -0.4 is 5.32 Å². The number of carboxylic acids is 1. The molecule has 1 unspecified atom stereocenters. The number of anilines is 1. The third kappa shape index (κ3) is 2.98. The summed E-state index contributed by atoms with van der Waals surface area (Å²) in [6, 6.07) is 1.31. The minimum Gasteiger partial charge on any atom is -0.478 e. The highest BCUT2D eigenvalue weighted by molar-refractivity contribution is 7.91. The Labute approximate surface area is 105 Å². The number of carbonyl (C=O) groups is 1. The predicted molar refractivity (Wildman–Crippen MR) is 66.5 cm³/mol. The van der Waals surface area contributed by atoms with E-state index in [1.807, 2.05) is 0 Å². The number of aromatic nitrogens is 1. The molecule has 98 valence electrons. The zero-order valence-corrected chi connectivity index (χ0v) is 10.5. The Morgan fingerprint density at radius 1 is 1.50 bits per heavy atom. The van der Waals surface area contributed by atoms with E-state index in [1.54, 1.807) is 6.07 Å². The highest BCUT2D eigenvalue weighted by atomic mass is 32.2. The topological polar surface area (TPSA) is 96.4 Å². The summed E-state index contributed by atoms with van der Waals surface area (Å²) in [5, 5.41) is 12.0. The van der Waals surface area contributed by atoms with Crippen LogP contribution in [-0.2, 0) is 9.84 Å². The third-order valence-corrected chi connectivity index (χ3v) is 4.70. The van der Waals surface area contributed by atoms with Crippen molar-refractivity contribution in [1.29, 1.82) is 0 Å². The molecule has 7 heteroatoms. The summed E-state index contributed by atoms with van der Waals surface area (Å²) in [5.74, 6) is -0.814. The first-order valence-corrected chi connectivity index (χ1v) is 7.44. The molecule has 0 aromatic carbocycles. The number of rotatable bonds is 3. The Balaban J connectivity index is 2.17. The van der Waals surface area contributed by atoms with Crippen molar-refractivity contribution >= 4 is 21.5 Å². The largest absolute Gasteiger partial charge is 0.478 e. The number of nitrogens with zero attached hydrogens (tertiary/aromatic N) is 1. The SMILES string of the molecule is O=C(O)c1cnccc1NC1CCCS(=O)(=O)C1. The van der Waals surface area contributed by atoms with Crippen molar-refractivity contribution in [2.75, 3.05) is 16.8 Å². The van der Waals surface area contributed by atoms with Gasteiger partial charge in [-0.15, -0.1) is 0 Å². The average molecular weight is 270 g/mol. The molecule has 18 heavy (non-hydrogen) atoms. The maximum atomic E-state index is 11.5. The normalized spacial score (nSPS) is 22.3. The van der Waals surface area contributed by atoms with Crippen molar-refractivity contribution in [1.82, 2.24) is 4.98 Å². The van der Waals surface area contributed by atoms with E-state index in [-0.39, 0.29) is 23.1 Å². The van der Waals surface area contributed by atoms with Crippen LogP contribution in [0.1, 0.15) is 23.2 Å². The molecule has 0 amide bonds. The molecule has 0 bridgehead atoms. The van der Waals surface area contributed by atoms with Gasteiger partial charge in [0.15, 0.2) is 9.84 Å². The lowest BCUT2D eigenvalue weighted by Gasteiger charge is -2.24. The lowest BCUT2D eigenvalue weighted by Crippen LogP contribution is -2.35. The van der Waals surface area contributed by atoms with Gasteiger partial charge in [-0.3, -0.25) is 4.98 Å². The third-order valence-electron chi connectivity index (χ3n) is 2.87. The summed E-state index contributed by atoms with van der Waals surface area (Å²) in [6.45, 7) is 0. The molecule has 0 radical (unpaired) electrons. The first-order chi connectivity index (χ1) is 8.48. The maximum absolute atomic E-state index is 11.5. The van der Waals surface area contributed by atoms with E-state index in [0.29, 0.717) is 12.1 Å². The van der Waals surface area contributed by atoms with E-state index in [9.17, 15) is 13.2 Å². The van der Waals surface area contributed by atoms with Gasteiger partial charge in [0, 0.05) is 18.4 Å². The van der Waals surface area contributed by atoms with Gasteiger partial charge in [0.25, 0.3) is 0 Å². The Morgan fingerprint density at radius 2 is 2.28 bits per heavy atom. The molecule has 2 heterocycles. The van der Waals surface area contributed by atoms with Crippen LogP contribution in [0.3, 0.4) is 0 Å². The molecule has 1 aromatic rings. The van der Waals surface area contributed by atoms with Crippen molar-refractivity contribution < 1.29 is 18.3 Å². The number of hydrogen-bond donors (Lipinski definition) is 2. The zero-order valence-electron chi connectivity index (χ0n) is 9.67. The zero-order chi connectivity index (χ0) is 13.2. The Bertz CT molecular complexity index is 556. The summed E-state index contributed by atoms with van der Waals surface area (Å²) >= 11 is 0. The van der Waals surface area contributed by atoms with Gasteiger partial charge in [-0.05, 0) is 18.9 Å². The van der Waals surface area contributed by atoms with Gasteiger partial charge in [0.05, 0.1) is 17.2 Å². The quantitative estimate of drug-likeness (QED) is 0.842. The standard InChI is InChI=1S/C11H14N2O4S/c14-11(15)9-6-12-4-3-10(9)13-8-2-1-5-18(16,17)7-8/h3-4,6,8H,1-2,5,7H2,(H,12,13)(H,14,15). The molecule has 0 aliphatic carbocycles. The second-order valence-electron chi connectivity index (χ2n) is 4.32. The molecule has 1 fully saturated rings. The monoisotopic (exact) mass is 270 g/mol. The van der Waals surface area contributed by atoms with Crippen molar-refractivity contribution in [3.63, 3.8) is 0 Å². The highest BCUT2D eigenvalue weighted by Gasteiger charge is 2.25. The maximum Gasteiger partial charge on any atom is 0.339 e. The molecule has 6 nitrogen and oxygen atoms in total. The molecule has 2 N–H and O–H groups in total. The van der Waals surface area contributed by atoms with Crippen LogP contribution in [0.15, 0.2) is 18.5 Å². The van der Waals surface area contributed by atoms with Crippen molar-refractivity contribution in [2.24, 2.45) is 0 Å². The Morgan fingerprint density at radius 3 is 2.94 bits per heavy atom. The van der Waals surface area contributed by atoms with Gasteiger partial charge in [-0.1, -0.05) is 0 Å². The van der Waals surface area contributed by atoms with E-state index in [0.717, 1.165) is 6.42 Å². The molecule has 1 aliphatic rings. The molecule has 0 spiro atoms. The van der Waals surface area contributed by atoms with E-state index < -0.39 is 15.8 Å². The van der Waals surface area contributed by atoms with Crippen LogP contribution in [0.25, 0.3) is 0 Å². The van der Waals surface area contributed by atoms with Gasteiger partial charge in [0.2, 0.25) is 0 Å². The number of nitrogens with one attached hydrogen (secondary N) is 1. The van der Waals surface area contributed by atoms with Crippen LogP contribution in [0.4, 0.5) is 5.69 Å². The van der Waals surface area contributed by atoms with Crippen molar-refractivity contribution in [3.8, 4) is 0 Å². The molecule has 1 aliphatic heterocycles. The molecule has 2 rings (SSSR count). The van der Waals surface area contributed by atoms with Crippen molar-refractivity contribution in [3.05, 3.63) is 24.0 Å². The second kappa shape index (κ2) is 4.93. The van der Waals surface area contributed by atoms with Gasteiger partial charge in [-0.25, -0.2) is 13.2 Å². The van der Waals surface area contributed by atoms with E-state index in [2.05, 4.69) is 10.3 Å². The number of sulfone groups is 1. The molecule has 0 saturated carbocycles. The molecular weight excluding hydrogens is 256 g/mol. The first kappa shape index (κ1) is 12.8. The highest BCUT2D eigenvalue weighted by Crippen LogP contribution is 2.20. The fraction of sp³-hybridized carbons (Fsp3) is 0.455. The fourth-order valence-electron chi connectivity index (χ4n) is 2.05. The summed E-state index contributed by atoms with van der Waals surface area (Å²) in [6.07, 6.45) is 4.06. The van der Waals surface area contributed by atoms with Crippen LogP contribution in [0.2, 0.25) is 0 Å². The number of pyridine rings is 1. The molecule has 1 atom stereocenters. The van der Waals surface area contributed by atoms with E-state index in [1.165, 1.54) is 12.4 Å². The van der Waals surface area contributed by atoms with E-state index >= 15 is 0 Å². The van der Waals surface area contributed by atoms with E-state index in [4.69, 9.17) is 5.11 Å². The van der Waals surface area contributed by atoms with Gasteiger partial charge < -0.3 is 10.4 Å². The van der Waals surface area contributed by atoms with Gasteiger partial charge in [-0.2, -0.15) is 0 Å². The number of carboxylic acid groups (broad SMARTS) is 1. The minimum absolute atomic E-state index is 0.0500. The van der Waals surface area contributed by atoms with Gasteiger partial charge in [0.1, 0.15) is 5.56 Å². The average Bonchev–Trinajstić information content (AvgIpc) is 2.28. The fourth-order valence-corrected chi connectivity index (χ4v) is 3.68. The lowest BCUT2D eigenvalue weighted by atomic mass is 10.1. The Kier molecular flexibility index (Phi) is 3.51.